The number of methoxy groups -OCH3 is 1. The predicted octanol–water partition coefficient (Wildman–Crippen LogP) is 1.79. The van der Waals surface area contributed by atoms with Gasteiger partial charge in [0.15, 0.2) is 0 Å². The SMILES string of the molecule is COC1CCCCC1NC(=O)NC1CCCC1(C)CO. The minimum atomic E-state index is -0.176. The quantitative estimate of drug-likeness (QED) is 0.737. The van der Waals surface area contributed by atoms with E-state index in [4.69, 9.17) is 4.74 Å². The van der Waals surface area contributed by atoms with Gasteiger partial charge in [-0.2, -0.15) is 0 Å². The van der Waals surface area contributed by atoms with Crippen molar-refractivity contribution in [3.05, 3.63) is 0 Å². The summed E-state index contributed by atoms with van der Waals surface area (Å²) in [4.78, 5) is 12.2. The first kappa shape index (κ1) is 15.6. The van der Waals surface area contributed by atoms with E-state index in [9.17, 15) is 9.90 Å². The van der Waals surface area contributed by atoms with E-state index >= 15 is 0 Å². The average molecular weight is 284 g/mol. The molecular formula is C15H28N2O3. The number of amides is 2. The van der Waals surface area contributed by atoms with Crippen molar-refractivity contribution in [1.82, 2.24) is 10.6 Å². The average Bonchev–Trinajstić information content (AvgIpc) is 2.81. The third kappa shape index (κ3) is 3.44. The van der Waals surface area contributed by atoms with Crippen LogP contribution >= 0.6 is 0 Å². The first-order chi connectivity index (χ1) is 9.59. The van der Waals surface area contributed by atoms with E-state index < -0.39 is 0 Å². The Bertz CT molecular complexity index is 337. The van der Waals surface area contributed by atoms with Crippen molar-refractivity contribution in [3.63, 3.8) is 0 Å². The Morgan fingerprint density at radius 1 is 1.25 bits per heavy atom. The molecule has 2 fully saturated rings. The molecule has 4 unspecified atom stereocenters. The molecule has 0 aromatic heterocycles. The molecule has 2 aliphatic carbocycles. The summed E-state index contributed by atoms with van der Waals surface area (Å²) in [5.41, 5.74) is -0.176. The van der Waals surface area contributed by atoms with Crippen molar-refractivity contribution in [2.24, 2.45) is 5.41 Å². The van der Waals surface area contributed by atoms with E-state index in [1.54, 1.807) is 7.11 Å². The minimum Gasteiger partial charge on any atom is -0.396 e. The van der Waals surface area contributed by atoms with E-state index in [0.29, 0.717) is 0 Å². The Morgan fingerprint density at radius 2 is 2.00 bits per heavy atom. The molecule has 0 radical (unpaired) electrons. The number of nitrogens with one attached hydrogen (secondary N) is 2. The number of carbonyl (C=O) groups is 1. The van der Waals surface area contributed by atoms with Crippen LogP contribution in [0.4, 0.5) is 4.79 Å². The lowest BCUT2D eigenvalue weighted by molar-refractivity contribution is 0.0445. The summed E-state index contributed by atoms with van der Waals surface area (Å²) >= 11 is 0. The van der Waals surface area contributed by atoms with Crippen LogP contribution < -0.4 is 10.6 Å². The van der Waals surface area contributed by atoms with Crippen LogP contribution in [0.2, 0.25) is 0 Å². The van der Waals surface area contributed by atoms with E-state index in [1.165, 1.54) is 6.42 Å². The van der Waals surface area contributed by atoms with Gasteiger partial charge >= 0.3 is 6.03 Å². The molecule has 5 nitrogen and oxygen atoms in total. The Labute approximate surface area is 121 Å². The lowest BCUT2D eigenvalue weighted by Gasteiger charge is -2.33. The molecule has 0 saturated heterocycles. The summed E-state index contributed by atoms with van der Waals surface area (Å²) in [6, 6.07) is 0.0538. The van der Waals surface area contributed by atoms with E-state index in [-0.39, 0.29) is 36.2 Å². The summed E-state index contributed by atoms with van der Waals surface area (Å²) in [6.45, 7) is 2.17. The lowest BCUT2D eigenvalue weighted by atomic mass is 9.86. The summed E-state index contributed by atoms with van der Waals surface area (Å²) in [7, 11) is 1.71. The van der Waals surface area contributed by atoms with Gasteiger partial charge in [0.25, 0.3) is 0 Å². The largest absolute Gasteiger partial charge is 0.396 e. The molecule has 4 atom stereocenters. The molecule has 0 aromatic rings. The number of aliphatic hydroxyl groups is 1. The van der Waals surface area contributed by atoms with Crippen LogP contribution in [0, 0.1) is 5.41 Å². The summed E-state index contributed by atoms with van der Waals surface area (Å²) in [5.74, 6) is 0. The molecule has 116 valence electrons. The second kappa shape index (κ2) is 6.76. The Balaban J connectivity index is 1.85. The van der Waals surface area contributed by atoms with Crippen molar-refractivity contribution in [1.29, 1.82) is 0 Å². The number of hydrogen-bond acceptors (Lipinski definition) is 3. The number of urea groups is 1. The number of carbonyl (C=O) groups excluding carboxylic acids is 1. The van der Waals surface area contributed by atoms with Crippen molar-refractivity contribution < 1.29 is 14.6 Å². The van der Waals surface area contributed by atoms with E-state index in [1.807, 2.05) is 6.92 Å². The fourth-order valence-electron chi connectivity index (χ4n) is 3.58. The van der Waals surface area contributed by atoms with Crippen LogP contribution in [-0.2, 0) is 4.74 Å². The van der Waals surface area contributed by atoms with Crippen LogP contribution in [0.1, 0.15) is 51.9 Å². The van der Waals surface area contributed by atoms with Crippen LogP contribution in [0.25, 0.3) is 0 Å². The van der Waals surface area contributed by atoms with Crippen LogP contribution in [-0.4, -0.2) is 43.0 Å². The van der Waals surface area contributed by atoms with Crippen LogP contribution in [0.3, 0.4) is 0 Å². The number of hydrogen-bond donors (Lipinski definition) is 3. The van der Waals surface area contributed by atoms with E-state index in [0.717, 1.165) is 38.5 Å². The first-order valence-corrected chi connectivity index (χ1v) is 7.80. The summed E-state index contributed by atoms with van der Waals surface area (Å²) in [5, 5.41) is 15.6. The molecule has 0 aliphatic heterocycles. The summed E-state index contributed by atoms with van der Waals surface area (Å²) in [6.07, 6.45) is 7.41. The molecule has 0 spiro atoms. The van der Waals surface area contributed by atoms with Crippen molar-refractivity contribution in [3.8, 4) is 0 Å². The third-order valence-electron chi connectivity index (χ3n) is 5.07. The topological polar surface area (TPSA) is 70.6 Å². The van der Waals surface area contributed by atoms with Gasteiger partial charge in [-0.1, -0.05) is 26.2 Å². The van der Waals surface area contributed by atoms with Gasteiger partial charge in [-0.25, -0.2) is 4.79 Å². The van der Waals surface area contributed by atoms with Gasteiger partial charge in [0, 0.05) is 18.6 Å². The highest BCUT2D eigenvalue weighted by molar-refractivity contribution is 5.74. The molecule has 0 bridgehead atoms. The molecule has 2 rings (SSSR count). The predicted molar refractivity (Wildman–Crippen MR) is 77.6 cm³/mol. The molecule has 5 heteroatoms. The molecule has 2 saturated carbocycles. The first-order valence-electron chi connectivity index (χ1n) is 7.80. The Hall–Kier alpha value is -0.810. The van der Waals surface area contributed by atoms with Gasteiger partial charge in [0.2, 0.25) is 0 Å². The normalized spacial score (nSPS) is 37.6. The van der Waals surface area contributed by atoms with Gasteiger partial charge < -0.3 is 20.5 Å². The van der Waals surface area contributed by atoms with Gasteiger partial charge in [0.05, 0.1) is 18.8 Å². The fourth-order valence-corrected chi connectivity index (χ4v) is 3.58. The Morgan fingerprint density at radius 3 is 2.70 bits per heavy atom. The minimum absolute atomic E-state index is 0.0667. The maximum absolute atomic E-state index is 12.2. The molecule has 0 heterocycles. The van der Waals surface area contributed by atoms with Crippen molar-refractivity contribution >= 4 is 6.03 Å². The standard InChI is InChI=1S/C15H28N2O3/c1-15(10-18)9-5-8-13(15)17-14(19)16-11-6-3-4-7-12(11)20-2/h11-13,18H,3-10H2,1-2H3,(H2,16,17,19). The smallest absolute Gasteiger partial charge is 0.315 e. The maximum Gasteiger partial charge on any atom is 0.315 e. The molecule has 0 aromatic carbocycles. The van der Waals surface area contributed by atoms with Crippen LogP contribution in [0.5, 0.6) is 0 Å². The zero-order chi connectivity index (χ0) is 14.6. The van der Waals surface area contributed by atoms with Gasteiger partial charge in [-0.15, -0.1) is 0 Å². The molecular weight excluding hydrogens is 256 g/mol. The number of aliphatic hydroxyl groups excluding tert-OH is 1. The third-order valence-corrected chi connectivity index (χ3v) is 5.07. The zero-order valence-corrected chi connectivity index (χ0v) is 12.7. The van der Waals surface area contributed by atoms with Crippen molar-refractivity contribution in [2.45, 2.75) is 70.1 Å². The monoisotopic (exact) mass is 284 g/mol. The van der Waals surface area contributed by atoms with Crippen LogP contribution in [0.15, 0.2) is 0 Å². The van der Waals surface area contributed by atoms with E-state index in [2.05, 4.69) is 10.6 Å². The van der Waals surface area contributed by atoms with Gasteiger partial charge in [-0.05, 0) is 25.7 Å². The molecule has 3 N–H and O–H groups in total. The number of rotatable bonds is 4. The highest BCUT2D eigenvalue weighted by atomic mass is 16.5. The maximum atomic E-state index is 12.2. The second-order valence-corrected chi connectivity index (χ2v) is 6.54. The zero-order valence-electron chi connectivity index (χ0n) is 12.7. The molecule has 20 heavy (non-hydrogen) atoms. The van der Waals surface area contributed by atoms with Crippen molar-refractivity contribution in [2.75, 3.05) is 13.7 Å². The number of ether oxygens (including phenoxy) is 1. The van der Waals surface area contributed by atoms with Gasteiger partial charge in [-0.3, -0.25) is 0 Å². The molecule has 2 amide bonds. The summed E-state index contributed by atoms with van der Waals surface area (Å²) < 4.78 is 5.45. The highest BCUT2D eigenvalue weighted by Crippen LogP contribution is 2.37. The van der Waals surface area contributed by atoms with Gasteiger partial charge in [0.1, 0.15) is 0 Å². The lowest BCUT2D eigenvalue weighted by Crippen LogP contribution is -2.54. The molecule has 2 aliphatic rings. The highest BCUT2D eigenvalue weighted by Gasteiger charge is 2.39. The fraction of sp³-hybridized carbons (Fsp3) is 0.933. The second-order valence-electron chi connectivity index (χ2n) is 6.54. The Kier molecular flexibility index (Phi) is 5.27.